The molecule has 198 valence electrons. The molecule has 8 nitrogen and oxygen atoms in total. The van der Waals surface area contributed by atoms with E-state index in [-0.39, 0.29) is 0 Å². The van der Waals surface area contributed by atoms with Crippen molar-refractivity contribution in [2.45, 2.75) is 52.4 Å². The van der Waals surface area contributed by atoms with Crippen molar-refractivity contribution >= 4 is 23.3 Å². The molecule has 0 unspecified atom stereocenters. The van der Waals surface area contributed by atoms with Crippen LogP contribution < -0.4 is 0 Å². The highest BCUT2D eigenvalue weighted by atomic mass is 32.1. The fourth-order valence-electron chi connectivity index (χ4n) is 2.89. The Morgan fingerprint density at radius 2 is 1.60 bits per heavy atom. The average Bonchev–Trinajstić information content (AvgIpc) is 3.40. The van der Waals surface area contributed by atoms with Crippen LogP contribution in [0, 0.1) is 0 Å². The van der Waals surface area contributed by atoms with Crippen LogP contribution in [-0.4, -0.2) is 73.5 Å². The summed E-state index contributed by atoms with van der Waals surface area (Å²) in [7, 11) is 0. The minimum Gasteiger partial charge on any atom is -0.475 e. The Hall–Kier alpha value is -2.65. The average molecular weight is 533 g/mol. The van der Waals surface area contributed by atoms with E-state index in [1.54, 1.807) is 11.3 Å². The number of aromatic nitrogens is 2. The number of carbonyl (C=O) groups is 2. The van der Waals surface area contributed by atoms with E-state index in [0.29, 0.717) is 0 Å². The lowest BCUT2D eigenvalue weighted by atomic mass is 10.3. The van der Waals surface area contributed by atoms with Crippen molar-refractivity contribution in [3.05, 3.63) is 40.1 Å². The van der Waals surface area contributed by atoms with Gasteiger partial charge in [-0.1, -0.05) is 13.8 Å². The summed E-state index contributed by atoms with van der Waals surface area (Å²) in [5.74, 6) is -4.29. The van der Waals surface area contributed by atoms with Gasteiger partial charge in [-0.15, -0.1) is 0 Å². The van der Waals surface area contributed by atoms with Crippen LogP contribution in [0.1, 0.15) is 30.9 Å². The van der Waals surface area contributed by atoms with Gasteiger partial charge >= 0.3 is 24.3 Å². The molecule has 0 radical (unpaired) electrons. The van der Waals surface area contributed by atoms with Gasteiger partial charge in [-0.3, -0.25) is 9.80 Å². The van der Waals surface area contributed by atoms with E-state index in [0.717, 1.165) is 45.8 Å². The van der Waals surface area contributed by atoms with Crippen LogP contribution in [0.3, 0.4) is 0 Å². The van der Waals surface area contributed by atoms with Gasteiger partial charge in [-0.05, 0) is 35.5 Å². The Labute approximate surface area is 201 Å². The molecule has 3 heterocycles. The predicted molar refractivity (Wildman–Crippen MR) is 115 cm³/mol. The third-order valence-electron chi connectivity index (χ3n) is 4.68. The molecule has 3 rings (SSSR count). The standard InChI is InChI=1S/C16H24N4S.2C2HF3O2/c1-3-18(4-2)10-15-11-20-7-6-19(12-16(20)17-15)9-14-5-8-21-13-14;2*3-2(4,5)1(6)7/h5,8,11,13H,3-4,6-7,9-10,12H2,1-2H3;2*(H,6,7). The van der Waals surface area contributed by atoms with Crippen LogP contribution in [-0.2, 0) is 35.8 Å². The number of nitrogens with zero attached hydrogens (tertiary/aromatic N) is 4. The van der Waals surface area contributed by atoms with Crippen LogP contribution >= 0.6 is 11.3 Å². The largest absolute Gasteiger partial charge is 0.490 e. The van der Waals surface area contributed by atoms with E-state index in [1.165, 1.54) is 17.1 Å². The van der Waals surface area contributed by atoms with Crippen molar-refractivity contribution < 1.29 is 46.1 Å². The summed E-state index contributed by atoms with van der Waals surface area (Å²) in [6.07, 6.45) is -7.92. The molecule has 0 fully saturated rings. The fourth-order valence-corrected chi connectivity index (χ4v) is 3.55. The molecular weight excluding hydrogens is 506 g/mol. The second-order valence-electron chi connectivity index (χ2n) is 7.25. The summed E-state index contributed by atoms with van der Waals surface area (Å²) in [4.78, 5) is 27.5. The highest BCUT2D eigenvalue weighted by Crippen LogP contribution is 2.18. The summed E-state index contributed by atoms with van der Waals surface area (Å²) in [6.45, 7) is 11.7. The summed E-state index contributed by atoms with van der Waals surface area (Å²) in [5.41, 5.74) is 2.63. The first kappa shape index (κ1) is 30.4. The van der Waals surface area contributed by atoms with Crippen LogP contribution in [0.4, 0.5) is 26.3 Å². The van der Waals surface area contributed by atoms with Gasteiger partial charge in [-0.25, -0.2) is 14.6 Å². The van der Waals surface area contributed by atoms with Crippen molar-refractivity contribution in [1.82, 2.24) is 19.4 Å². The maximum Gasteiger partial charge on any atom is 0.490 e. The molecule has 0 aromatic carbocycles. The zero-order chi connectivity index (χ0) is 26.8. The summed E-state index contributed by atoms with van der Waals surface area (Å²) >= 11 is 1.78. The Bertz CT molecular complexity index is 903. The molecule has 0 spiro atoms. The van der Waals surface area contributed by atoms with Crippen LogP contribution in [0.5, 0.6) is 0 Å². The molecule has 0 bridgehead atoms. The lowest BCUT2D eigenvalue weighted by Crippen LogP contribution is -2.33. The number of halogens is 6. The Balaban J connectivity index is 0.000000362. The third kappa shape index (κ3) is 11.1. The van der Waals surface area contributed by atoms with Crippen LogP contribution in [0.25, 0.3) is 0 Å². The SMILES string of the molecule is CCN(CC)Cc1cn2c(n1)CN(Cc1ccsc1)CC2.O=C(O)C(F)(F)F.O=C(O)C(F)(F)F. The topological polar surface area (TPSA) is 98.9 Å². The summed E-state index contributed by atoms with van der Waals surface area (Å²) in [6, 6.07) is 2.22. The van der Waals surface area contributed by atoms with Gasteiger partial charge < -0.3 is 14.8 Å². The number of thiophene rings is 1. The van der Waals surface area contributed by atoms with Gasteiger partial charge in [0.2, 0.25) is 0 Å². The third-order valence-corrected chi connectivity index (χ3v) is 5.41. The molecule has 0 atom stereocenters. The Morgan fingerprint density at radius 1 is 1.06 bits per heavy atom. The molecule has 35 heavy (non-hydrogen) atoms. The molecule has 0 amide bonds. The molecule has 2 N–H and O–H groups in total. The van der Waals surface area contributed by atoms with E-state index in [4.69, 9.17) is 24.8 Å². The van der Waals surface area contributed by atoms with E-state index >= 15 is 0 Å². The fraction of sp³-hybridized carbons (Fsp3) is 0.550. The maximum atomic E-state index is 10.6. The smallest absolute Gasteiger partial charge is 0.475 e. The van der Waals surface area contributed by atoms with E-state index < -0.39 is 24.3 Å². The summed E-state index contributed by atoms with van der Waals surface area (Å²) < 4.78 is 65.8. The first-order valence-electron chi connectivity index (χ1n) is 10.3. The lowest BCUT2D eigenvalue weighted by molar-refractivity contribution is -0.193. The quantitative estimate of drug-likeness (QED) is 0.542. The minimum absolute atomic E-state index is 0.966. The van der Waals surface area contributed by atoms with E-state index in [9.17, 15) is 26.3 Å². The molecule has 2 aromatic heterocycles. The number of aliphatic carboxylic acids is 2. The number of carboxylic acid groups (broad SMARTS) is 2. The second kappa shape index (κ2) is 13.4. The van der Waals surface area contributed by atoms with Gasteiger partial charge in [0.15, 0.2) is 0 Å². The normalized spacial score (nSPS) is 13.9. The van der Waals surface area contributed by atoms with Gasteiger partial charge in [0, 0.05) is 32.4 Å². The number of fused-ring (bicyclic) bond motifs is 1. The molecular formula is C20H26F6N4O4S. The van der Waals surface area contributed by atoms with E-state index in [2.05, 4.69) is 51.2 Å². The molecule has 2 aromatic rings. The lowest BCUT2D eigenvalue weighted by Gasteiger charge is -2.27. The summed E-state index contributed by atoms with van der Waals surface area (Å²) in [5, 5.41) is 18.6. The van der Waals surface area contributed by atoms with Crippen molar-refractivity contribution in [3.63, 3.8) is 0 Å². The number of rotatable bonds is 6. The number of carboxylic acids is 2. The van der Waals surface area contributed by atoms with Gasteiger partial charge in [0.25, 0.3) is 0 Å². The number of hydrogen-bond acceptors (Lipinski definition) is 6. The van der Waals surface area contributed by atoms with E-state index in [1.807, 2.05) is 0 Å². The van der Waals surface area contributed by atoms with Crippen LogP contribution in [0.2, 0.25) is 0 Å². The molecule has 0 saturated heterocycles. The maximum absolute atomic E-state index is 10.6. The van der Waals surface area contributed by atoms with Gasteiger partial charge in [-0.2, -0.15) is 37.7 Å². The van der Waals surface area contributed by atoms with Crippen molar-refractivity contribution in [2.24, 2.45) is 0 Å². The van der Waals surface area contributed by atoms with Crippen molar-refractivity contribution in [3.8, 4) is 0 Å². The Kier molecular flexibility index (Phi) is 11.7. The molecule has 1 aliphatic rings. The molecule has 0 aliphatic carbocycles. The monoisotopic (exact) mass is 532 g/mol. The highest BCUT2D eigenvalue weighted by molar-refractivity contribution is 7.07. The molecule has 1 aliphatic heterocycles. The molecule has 0 saturated carbocycles. The number of alkyl halides is 6. The van der Waals surface area contributed by atoms with Crippen LogP contribution in [0.15, 0.2) is 23.0 Å². The number of hydrogen-bond donors (Lipinski definition) is 2. The predicted octanol–water partition coefficient (Wildman–Crippen LogP) is 4.07. The zero-order valence-electron chi connectivity index (χ0n) is 18.9. The van der Waals surface area contributed by atoms with Gasteiger partial charge in [0.05, 0.1) is 12.2 Å². The first-order chi connectivity index (χ1) is 16.2. The Morgan fingerprint density at radius 3 is 2.03 bits per heavy atom. The second-order valence-corrected chi connectivity index (χ2v) is 8.03. The van der Waals surface area contributed by atoms with Crippen molar-refractivity contribution in [2.75, 3.05) is 19.6 Å². The number of imidazole rings is 1. The first-order valence-corrected chi connectivity index (χ1v) is 11.2. The minimum atomic E-state index is -5.08. The zero-order valence-corrected chi connectivity index (χ0v) is 19.8. The highest BCUT2D eigenvalue weighted by Gasteiger charge is 2.38. The van der Waals surface area contributed by atoms with Gasteiger partial charge in [0.1, 0.15) is 5.82 Å². The van der Waals surface area contributed by atoms with Crippen molar-refractivity contribution in [1.29, 1.82) is 0 Å². The molecule has 15 heteroatoms.